The van der Waals surface area contributed by atoms with Gasteiger partial charge in [-0.25, -0.2) is 4.39 Å². The number of benzene rings is 1. The van der Waals surface area contributed by atoms with Crippen molar-refractivity contribution in [3.8, 4) is 5.75 Å². The average molecular weight is 476 g/mol. The van der Waals surface area contributed by atoms with Crippen LogP contribution in [0.4, 0.5) is 4.39 Å². The molecule has 0 fully saturated rings. The van der Waals surface area contributed by atoms with Crippen LogP contribution in [0.15, 0.2) is 33.8 Å². The van der Waals surface area contributed by atoms with Gasteiger partial charge in [-0.05, 0) is 30.5 Å². The first-order valence-electron chi connectivity index (χ1n) is 8.20. The lowest BCUT2D eigenvalue weighted by Gasteiger charge is -2.18. The monoisotopic (exact) mass is 476 g/mol. The fraction of sp³-hybridized carbons (Fsp3) is 0.444. The molecule has 1 aromatic carbocycles. The molecule has 26 heavy (non-hydrogen) atoms. The molecule has 144 valence electrons. The van der Waals surface area contributed by atoms with E-state index in [9.17, 15) is 4.39 Å². The summed E-state index contributed by atoms with van der Waals surface area (Å²) in [6.07, 6.45) is 0. The number of rotatable bonds is 6. The molecule has 1 atom stereocenters. The third-order valence-corrected chi connectivity index (χ3v) is 3.85. The zero-order valence-corrected chi connectivity index (χ0v) is 18.0. The van der Waals surface area contributed by atoms with E-state index < -0.39 is 0 Å². The molecule has 8 heteroatoms. The van der Waals surface area contributed by atoms with Crippen molar-refractivity contribution in [2.75, 3.05) is 14.2 Å². The minimum absolute atomic E-state index is 0. The Balaban J connectivity index is 0.00000338. The smallest absolute Gasteiger partial charge is 0.191 e. The number of nitrogens with zero attached hydrogens (tertiary/aromatic N) is 2. The molecule has 1 heterocycles. The Morgan fingerprint density at radius 1 is 1.31 bits per heavy atom. The molecule has 6 nitrogen and oxygen atoms in total. The predicted molar refractivity (Wildman–Crippen MR) is 111 cm³/mol. The van der Waals surface area contributed by atoms with Gasteiger partial charge in [-0.1, -0.05) is 25.1 Å². The Morgan fingerprint density at radius 3 is 2.58 bits per heavy atom. The van der Waals surface area contributed by atoms with E-state index in [0.717, 1.165) is 17.0 Å². The first-order valence-corrected chi connectivity index (χ1v) is 8.20. The molecule has 0 amide bonds. The van der Waals surface area contributed by atoms with Gasteiger partial charge in [-0.15, -0.1) is 24.0 Å². The summed E-state index contributed by atoms with van der Waals surface area (Å²) in [7, 11) is 3.12. The van der Waals surface area contributed by atoms with Crippen LogP contribution in [0.1, 0.15) is 49.7 Å². The highest BCUT2D eigenvalue weighted by molar-refractivity contribution is 14.0. The summed E-state index contributed by atoms with van der Waals surface area (Å²) in [5, 5.41) is 10.4. The van der Waals surface area contributed by atoms with Gasteiger partial charge in [0.1, 0.15) is 0 Å². The standard InChI is InChI=1S/C18H25FN4O2.HI/c1-11(2)16-9-14(25-23-16)10-21-18(20-4)22-12(3)13-6-7-17(24-5)15(19)8-13;/h6-9,11-12H,10H2,1-5H3,(H2,20,21,22);1H. The summed E-state index contributed by atoms with van der Waals surface area (Å²) in [5.74, 6) is 1.48. The predicted octanol–water partition coefficient (Wildman–Crippen LogP) is 3.99. The molecular formula is C18H26FIN4O2. The van der Waals surface area contributed by atoms with E-state index in [-0.39, 0.29) is 41.6 Å². The molecule has 0 aliphatic carbocycles. The number of aliphatic imine (C=N–C) groups is 1. The molecule has 2 aromatic rings. The summed E-state index contributed by atoms with van der Waals surface area (Å²) < 4.78 is 24.1. The second-order valence-electron chi connectivity index (χ2n) is 6.06. The van der Waals surface area contributed by atoms with Crippen molar-refractivity contribution in [3.63, 3.8) is 0 Å². The third-order valence-electron chi connectivity index (χ3n) is 3.85. The van der Waals surface area contributed by atoms with Crippen LogP contribution in [0.2, 0.25) is 0 Å². The lowest BCUT2D eigenvalue weighted by atomic mass is 10.1. The second-order valence-corrected chi connectivity index (χ2v) is 6.06. The van der Waals surface area contributed by atoms with Gasteiger partial charge in [0.05, 0.1) is 25.4 Å². The molecule has 1 aromatic heterocycles. The molecule has 2 rings (SSSR count). The van der Waals surface area contributed by atoms with Crippen LogP contribution in [-0.2, 0) is 6.54 Å². The van der Waals surface area contributed by atoms with Gasteiger partial charge in [0.2, 0.25) is 0 Å². The number of ether oxygens (including phenoxy) is 1. The number of hydrogen-bond acceptors (Lipinski definition) is 4. The Kier molecular flexibility index (Phi) is 8.83. The Morgan fingerprint density at radius 2 is 2.04 bits per heavy atom. The lowest BCUT2D eigenvalue weighted by Crippen LogP contribution is -2.38. The fourth-order valence-electron chi connectivity index (χ4n) is 2.29. The van der Waals surface area contributed by atoms with Gasteiger partial charge in [0.15, 0.2) is 23.3 Å². The van der Waals surface area contributed by atoms with Crippen LogP contribution in [0.25, 0.3) is 0 Å². The van der Waals surface area contributed by atoms with E-state index in [1.807, 2.05) is 19.1 Å². The minimum Gasteiger partial charge on any atom is -0.494 e. The highest BCUT2D eigenvalue weighted by atomic mass is 127. The third kappa shape index (κ3) is 5.86. The van der Waals surface area contributed by atoms with Crippen LogP contribution in [0.5, 0.6) is 5.75 Å². The lowest BCUT2D eigenvalue weighted by molar-refractivity contribution is 0.371. The first kappa shape index (κ1) is 22.2. The molecule has 0 aliphatic rings. The van der Waals surface area contributed by atoms with Crippen LogP contribution >= 0.6 is 24.0 Å². The summed E-state index contributed by atoms with van der Waals surface area (Å²) >= 11 is 0. The van der Waals surface area contributed by atoms with Crippen molar-refractivity contribution in [3.05, 3.63) is 47.1 Å². The normalized spacial score (nSPS) is 12.5. The average Bonchev–Trinajstić information content (AvgIpc) is 3.07. The Hall–Kier alpha value is -1.84. The number of nitrogens with one attached hydrogen (secondary N) is 2. The molecule has 0 radical (unpaired) electrons. The van der Waals surface area contributed by atoms with Crippen molar-refractivity contribution in [1.82, 2.24) is 15.8 Å². The highest BCUT2D eigenvalue weighted by Gasteiger charge is 2.12. The number of halogens is 2. The van der Waals surface area contributed by atoms with Gasteiger partial charge < -0.3 is 19.9 Å². The maximum Gasteiger partial charge on any atom is 0.191 e. The van der Waals surface area contributed by atoms with Crippen LogP contribution in [0, 0.1) is 5.82 Å². The molecular weight excluding hydrogens is 450 g/mol. The van der Waals surface area contributed by atoms with E-state index >= 15 is 0 Å². The maximum absolute atomic E-state index is 13.8. The highest BCUT2D eigenvalue weighted by Crippen LogP contribution is 2.21. The van der Waals surface area contributed by atoms with E-state index in [0.29, 0.717) is 18.4 Å². The zero-order valence-electron chi connectivity index (χ0n) is 15.7. The number of methoxy groups -OCH3 is 1. The fourth-order valence-corrected chi connectivity index (χ4v) is 2.29. The van der Waals surface area contributed by atoms with E-state index in [1.54, 1.807) is 13.1 Å². The molecule has 0 saturated carbocycles. The van der Waals surface area contributed by atoms with Crippen molar-refractivity contribution in [1.29, 1.82) is 0 Å². The molecule has 0 saturated heterocycles. The van der Waals surface area contributed by atoms with Gasteiger partial charge in [-0.3, -0.25) is 4.99 Å². The Bertz CT molecular complexity index is 734. The van der Waals surface area contributed by atoms with Gasteiger partial charge in [0, 0.05) is 13.1 Å². The molecule has 0 bridgehead atoms. The van der Waals surface area contributed by atoms with Crippen molar-refractivity contribution >= 4 is 29.9 Å². The molecule has 1 unspecified atom stereocenters. The van der Waals surface area contributed by atoms with E-state index in [1.165, 1.54) is 13.2 Å². The topological polar surface area (TPSA) is 71.7 Å². The summed E-state index contributed by atoms with van der Waals surface area (Å²) in [6, 6.07) is 6.68. The minimum atomic E-state index is -0.389. The summed E-state index contributed by atoms with van der Waals surface area (Å²) in [6.45, 7) is 6.51. The first-order chi connectivity index (χ1) is 11.9. The van der Waals surface area contributed by atoms with Gasteiger partial charge >= 0.3 is 0 Å². The maximum atomic E-state index is 13.8. The van der Waals surface area contributed by atoms with Crippen molar-refractivity contribution in [2.24, 2.45) is 4.99 Å². The molecule has 0 spiro atoms. The Labute approximate surface area is 170 Å². The van der Waals surface area contributed by atoms with Crippen molar-refractivity contribution < 1.29 is 13.7 Å². The summed E-state index contributed by atoms with van der Waals surface area (Å²) in [5.41, 5.74) is 1.71. The zero-order chi connectivity index (χ0) is 18.4. The second kappa shape index (κ2) is 10.3. The van der Waals surface area contributed by atoms with Gasteiger partial charge in [-0.2, -0.15) is 0 Å². The number of guanidine groups is 1. The van der Waals surface area contributed by atoms with Crippen LogP contribution < -0.4 is 15.4 Å². The summed E-state index contributed by atoms with van der Waals surface area (Å²) in [4.78, 5) is 4.18. The van der Waals surface area contributed by atoms with Gasteiger partial charge in [0.25, 0.3) is 0 Å². The molecule has 0 aliphatic heterocycles. The largest absolute Gasteiger partial charge is 0.494 e. The SMILES string of the molecule is CN=C(NCc1cc(C(C)C)no1)NC(C)c1ccc(OC)c(F)c1.I. The van der Waals surface area contributed by atoms with E-state index in [2.05, 4.69) is 34.6 Å². The number of aromatic nitrogens is 1. The van der Waals surface area contributed by atoms with Crippen LogP contribution in [0.3, 0.4) is 0 Å². The van der Waals surface area contributed by atoms with Crippen molar-refractivity contribution in [2.45, 2.75) is 39.3 Å². The quantitative estimate of drug-likeness (QED) is 0.375. The van der Waals surface area contributed by atoms with E-state index in [4.69, 9.17) is 9.26 Å². The number of hydrogen-bond donors (Lipinski definition) is 2. The molecule has 2 N–H and O–H groups in total. The van der Waals surface area contributed by atoms with Crippen LogP contribution in [-0.4, -0.2) is 25.3 Å².